The highest BCUT2D eigenvalue weighted by Crippen LogP contribution is 2.30. The van der Waals surface area contributed by atoms with E-state index in [1.54, 1.807) is 6.07 Å². The van der Waals surface area contributed by atoms with Gasteiger partial charge in [-0.15, -0.1) is 0 Å². The van der Waals surface area contributed by atoms with E-state index in [-0.39, 0.29) is 10.6 Å². The van der Waals surface area contributed by atoms with Crippen molar-refractivity contribution in [2.24, 2.45) is 0 Å². The first-order chi connectivity index (χ1) is 8.56. The largest absolute Gasteiger partial charge is 0.207 e. The average Bonchev–Trinajstić information content (AvgIpc) is 2.32. The molecule has 0 nitrogen and oxygen atoms in total. The molecule has 0 aliphatic rings. The summed E-state index contributed by atoms with van der Waals surface area (Å²) in [6.07, 6.45) is 0.764. The van der Waals surface area contributed by atoms with E-state index in [9.17, 15) is 4.39 Å². The third-order valence-corrected chi connectivity index (χ3v) is 4.10. The summed E-state index contributed by atoms with van der Waals surface area (Å²) in [4.78, 5) is -0.00769. The number of hydrogen-bond acceptors (Lipinski definition) is 0. The Morgan fingerprint density at radius 1 is 1.17 bits per heavy atom. The molecule has 0 fully saturated rings. The van der Waals surface area contributed by atoms with Crippen LogP contribution in [0.1, 0.15) is 21.5 Å². The van der Waals surface area contributed by atoms with Crippen LogP contribution in [0.2, 0.25) is 0 Å². The first-order valence-corrected chi connectivity index (χ1v) is 7.41. The lowest BCUT2D eigenvalue weighted by Gasteiger charge is -2.12. The number of aryl methyl sites for hydroxylation is 1. The summed E-state index contributed by atoms with van der Waals surface area (Å²) in [6.45, 7) is 1.97. The van der Waals surface area contributed by atoms with Gasteiger partial charge in [-0.3, -0.25) is 0 Å². The summed E-state index contributed by atoms with van der Waals surface area (Å²) in [5, 5.41) is 0. The van der Waals surface area contributed by atoms with Gasteiger partial charge in [0.1, 0.15) is 5.82 Å². The van der Waals surface area contributed by atoms with E-state index in [2.05, 4.69) is 37.9 Å². The number of benzene rings is 2. The van der Waals surface area contributed by atoms with Crippen molar-refractivity contribution in [3.63, 3.8) is 0 Å². The fraction of sp³-hybridized carbons (Fsp3) is 0.200. The van der Waals surface area contributed by atoms with Crippen LogP contribution >= 0.6 is 31.9 Å². The van der Waals surface area contributed by atoms with E-state index in [1.165, 1.54) is 11.6 Å². The van der Waals surface area contributed by atoms with Crippen LogP contribution in [0.15, 0.2) is 46.9 Å². The van der Waals surface area contributed by atoms with Gasteiger partial charge in [0.05, 0.1) is 0 Å². The zero-order chi connectivity index (χ0) is 13.1. The van der Waals surface area contributed by atoms with Crippen LogP contribution in [0, 0.1) is 12.7 Å². The van der Waals surface area contributed by atoms with Gasteiger partial charge < -0.3 is 0 Å². The van der Waals surface area contributed by atoms with Gasteiger partial charge in [0.15, 0.2) is 0 Å². The van der Waals surface area contributed by atoms with Crippen molar-refractivity contribution in [1.29, 1.82) is 0 Å². The Morgan fingerprint density at radius 3 is 2.67 bits per heavy atom. The molecule has 2 rings (SSSR count). The molecule has 0 bridgehead atoms. The lowest BCUT2D eigenvalue weighted by atomic mass is 10.0. The van der Waals surface area contributed by atoms with Crippen molar-refractivity contribution < 1.29 is 4.39 Å². The van der Waals surface area contributed by atoms with Gasteiger partial charge in [0, 0.05) is 14.9 Å². The second-order valence-corrected chi connectivity index (χ2v) is 6.35. The van der Waals surface area contributed by atoms with Crippen molar-refractivity contribution in [1.82, 2.24) is 0 Å². The van der Waals surface area contributed by atoms with Gasteiger partial charge in [-0.05, 0) is 37.1 Å². The quantitative estimate of drug-likeness (QED) is 0.618. The molecule has 0 spiro atoms. The molecule has 18 heavy (non-hydrogen) atoms. The third-order valence-electron chi connectivity index (χ3n) is 2.79. The van der Waals surface area contributed by atoms with Crippen molar-refractivity contribution in [3.05, 3.63) is 69.4 Å². The standard InChI is InChI=1S/C15H13Br2F/c1-10-5-6-15(18)13(7-10)14(17)9-11-3-2-4-12(16)8-11/h2-8,14H,9H2,1H3. The summed E-state index contributed by atoms with van der Waals surface area (Å²) in [6, 6.07) is 13.3. The Balaban J connectivity index is 2.21. The lowest BCUT2D eigenvalue weighted by molar-refractivity contribution is 0.607. The van der Waals surface area contributed by atoms with Crippen LogP contribution in [-0.2, 0) is 6.42 Å². The van der Waals surface area contributed by atoms with Gasteiger partial charge in [-0.2, -0.15) is 0 Å². The minimum Gasteiger partial charge on any atom is -0.207 e. The van der Waals surface area contributed by atoms with E-state index >= 15 is 0 Å². The molecule has 0 saturated heterocycles. The second-order valence-electron chi connectivity index (χ2n) is 4.33. The molecule has 94 valence electrons. The topological polar surface area (TPSA) is 0 Å². The average molecular weight is 372 g/mol. The highest BCUT2D eigenvalue weighted by molar-refractivity contribution is 9.10. The van der Waals surface area contributed by atoms with E-state index in [0.29, 0.717) is 0 Å². The van der Waals surface area contributed by atoms with E-state index in [0.717, 1.165) is 22.0 Å². The molecule has 0 aliphatic heterocycles. The predicted molar refractivity (Wildman–Crippen MR) is 80.7 cm³/mol. The summed E-state index contributed by atoms with van der Waals surface area (Å²) in [5.74, 6) is -0.155. The van der Waals surface area contributed by atoms with Gasteiger partial charge in [-0.1, -0.05) is 61.7 Å². The molecule has 0 heterocycles. The van der Waals surface area contributed by atoms with Crippen LogP contribution < -0.4 is 0 Å². The van der Waals surface area contributed by atoms with E-state index in [1.807, 2.05) is 31.2 Å². The summed E-state index contributed by atoms with van der Waals surface area (Å²) in [5.41, 5.74) is 2.97. The normalized spacial score (nSPS) is 12.4. The van der Waals surface area contributed by atoms with Crippen molar-refractivity contribution in [3.8, 4) is 0 Å². The Morgan fingerprint density at radius 2 is 1.94 bits per heavy atom. The predicted octanol–water partition coefficient (Wildman–Crippen LogP) is 5.58. The monoisotopic (exact) mass is 370 g/mol. The van der Waals surface area contributed by atoms with Crippen LogP contribution in [0.25, 0.3) is 0 Å². The molecule has 0 amide bonds. The number of alkyl halides is 1. The number of halogens is 3. The Bertz CT molecular complexity index is 552. The molecule has 1 unspecified atom stereocenters. The maximum Gasteiger partial charge on any atom is 0.127 e. The zero-order valence-corrected chi connectivity index (χ0v) is 13.1. The number of rotatable bonds is 3. The molecule has 3 heteroatoms. The second kappa shape index (κ2) is 5.98. The first kappa shape index (κ1) is 13.8. The van der Waals surface area contributed by atoms with Gasteiger partial charge in [0.2, 0.25) is 0 Å². The third kappa shape index (κ3) is 3.42. The van der Waals surface area contributed by atoms with Gasteiger partial charge >= 0.3 is 0 Å². The van der Waals surface area contributed by atoms with Crippen LogP contribution in [0.5, 0.6) is 0 Å². The Kier molecular flexibility index (Phi) is 4.57. The van der Waals surface area contributed by atoms with Gasteiger partial charge in [-0.25, -0.2) is 4.39 Å². The maximum absolute atomic E-state index is 13.8. The first-order valence-electron chi connectivity index (χ1n) is 5.71. The van der Waals surface area contributed by atoms with Crippen molar-refractivity contribution >= 4 is 31.9 Å². The fourth-order valence-corrected chi connectivity index (χ4v) is 3.06. The SMILES string of the molecule is Cc1ccc(F)c(C(Br)Cc2cccc(Br)c2)c1. The van der Waals surface area contributed by atoms with E-state index < -0.39 is 0 Å². The summed E-state index contributed by atoms with van der Waals surface area (Å²) >= 11 is 7.02. The van der Waals surface area contributed by atoms with Crippen molar-refractivity contribution in [2.75, 3.05) is 0 Å². The summed E-state index contributed by atoms with van der Waals surface area (Å²) < 4.78 is 14.8. The molecule has 2 aromatic carbocycles. The highest BCUT2D eigenvalue weighted by Gasteiger charge is 2.13. The molecular formula is C15H13Br2F. The van der Waals surface area contributed by atoms with Crippen LogP contribution in [0.4, 0.5) is 4.39 Å². The maximum atomic E-state index is 13.8. The van der Waals surface area contributed by atoms with Crippen LogP contribution in [0.3, 0.4) is 0 Å². The molecule has 0 aromatic heterocycles. The molecule has 0 radical (unpaired) electrons. The molecule has 0 aliphatic carbocycles. The molecule has 0 saturated carbocycles. The number of hydrogen-bond donors (Lipinski definition) is 0. The highest BCUT2D eigenvalue weighted by atomic mass is 79.9. The van der Waals surface area contributed by atoms with Crippen molar-refractivity contribution in [2.45, 2.75) is 18.2 Å². The molecule has 2 aromatic rings. The van der Waals surface area contributed by atoms with Crippen LogP contribution in [-0.4, -0.2) is 0 Å². The summed E-state index contributed by atoms with van der Waals surface area (Å²) in [7, 11) is 0. The zero-order valence-electron chi connectivity index (χ0n) is 9.96. The molecular weight excluding hydrogens is 359 g/mol. The smallest absolute Gasteiger partial charge is 0.127 e. The van der Waals surface area contributed by atoms with Gasteiger partial charge in [0.25, 0.3) is 0 Å². The fourth-order valence-electron chi connectivity index (χ4n) is 1.88. The molecule has 1 atom stereocenters. The minimum absolute atomic E-state index is 0.00769. The minimum atomic E-state index is -0.155. The lowest BCUT2D eigenvalue weighted by Crippen LogP contribution is -1.99. The Labute approximate surface area is 123 Å². The van der Waals surface area contributed by atoms with E-state index in [4.69, 9.17) is 0 Å². The molecule has 0 N–H and O–H groups in total. The Hall–Kier alpha value is -0.670.